The lowest BCUT2D eigenvalue weighted by Crippen LogP contribution is -2.33. The molecule has 0 spiro atoms. The van der Waals surface area contributed by atoms with Crippen LogP contribution >= 0.6 is 11.3 Å². The molecule has 1 amide bonds. The summed E-state index contributed by atoms with van der Waals surface area (Å²) in [5.41, 5.74) is 1.80. The van der Waals surface area contributed by atoms with Crippen molar-refractivity contribution in [2.45, 2.75) is 32.7 Å². The molecule has 1 heterocycles. The fourth-order valence-electron chi connectivity index (χ4n) is 1.68. The Labute approximate surface area is 123 Å². The first-order valence-corrected chi connectivity index (χ1v) is 7.61. The van der Waals surface area contributed by atoms with Crippen molar-refractivity contribution in [1.29, 1.82) is 0 Å². The zero-order valence-corrected chi connectivity index (χ0v) is 12.5. The number of rotatable bonds is 6. The van der Waals surface area contributed by atoms with Crippen LogP contribution in [0.1, 0.15) is 26.0 Å². The summed E-state index contributed by atoms with van der Waals surface area (Å²) in [5, 5.41) is 8.89. The standard InChI is InChI=1S/C15H19N3OS/c1-3-11(2)16-14(19)9-13-10-20-15(18-13)17-12-7-5-4-6-8-12/h4-8,10-11H,3,9H2,1-2H3,(H,16,19)(H,17,18)/t11-/m0/s1. The Kier molecular flexibility index (Phi) is 5.12. The van der Waals surface area contributed by atoms with Gasteiger partial charge < -0.3 is 10.6 Å². The Morgan fingerprint density at radius 3 is 2.80 bits per heavy atom. The van der Waals surface area contributed by atoms with Gasteiger partial charge in [-0.1, -0.05) is 25.1 Å². The van der Waals surface area contributed by atoms with Crippen molar-refractivity contribution < 1.29 is 4.79 Å². The monoisotopic (exact) mass is 289 g/mol. The number of para-hydroxylation sites is 1. The molecule has 0 radical (unpaired) electrons. The van der Waals surface area contributed by atoms with Crippen molar-refractivity contribution in [1.82, 2.24) is 10.3 Å². The number of benzene rings is 1. The third-order valence-electron chi connectivity index (χ3n) is 2.94. The van der Waals surface area contributed by atoms with E-state index in [1.165, 1.54) is 11.3 Å². The van der Waals surface area contributed by atoms with Crippen molar-refractivity contribution >= 4 is 28.1 Å². The Hall–Kier alpha value is -1.88. The SMILES string of the molecule is CC[C@H](C)NC(=O)Cc1csc(Nc2ccccc2)n1. The van der Waals surface area contributed by atoms with Gasteiger partial charge >= 0.3 is 0 Å². The van der Waals surface area contributed by atoms with Crippen molar-refractivity contribution in [2.24, 2.45) is 0 Å². The predicted octanol–water partition coefficient (Wildman–Crippen LogP) is 3.34. The van der Waals surface area contributed by atoms with Crippen LogP contribution in [-0.4, -0.2) is 16.9 Å². The molecule has 4 nitrogen and oxygen atoms in total. The first-order valence-electron chi connectivity index (χ1n) is 6.73. The van der Waals surface area contributed by atoms with Gasteiger partial charge in [0.1, 0.15) is 0 Å². The highest BCUT2D eigenvalue weighted by atomic mass is 32.1. The zero-order valence-electron chi connectivity index (χ0n) is 11.7. The van der Waals surface area contributed by atoms with E-state index in [0.29, 0.717) is 6.42 Å². The topological polar surface area (TPSA) is 54.0 Å². The highest BCUT2D eigenvalue weighted by Gasteiger charge is 2.09. The van der Waals surface area contributed by atoms with Gasteiger partial charge in [0, 0.05) is 17.1 Å². The van der Waals surface area contributed by atoms with Gasteiger partial charge in [-0.05, 0) is 25.5 Å². The van der Waals surface area contributed by atoms with Crippen molar-refractivity contribution in [3.05, 3.63) is 41.4 Å². The number of carbonyl (C=O) groups is 1. The van der Waals surface area contributed by atoms with Gasteiger partial charge in [0.2, 0.25) is 5.91 Å². The second-order valence-corrected chi connectivity index (χ2v) is 5.55. The molecule has 1 aromatic carbocycles. The molecule has 1 aromatic heterocycles. The van der Waals surface area contributed by atoms with Gasteiger partial charge in [0.05, 0.1) is 12.1 Å². The zero-order chi connectivity index (χ0) is 14.4. The molecule has 0 saturated carbocycles. The van der Waals surface area contributed by atoms with Crippen LogP contribution in [0.4, 0.5) is 10.8 Å². The molecule has 0 aliphatic heterocycles. The normalized spacial score (nSPS) is 11.9. The highest BCUT2D eigenvalue weighted by Crippen LogP contribution is 2.20. The molecular formula is C15H19N3OS. The number of hydrogen-bond donors (Lipinski definition) is 2. The Bertz CT molecular complexity index is 553. The van der Waals surface area contributed by atoms with Crippen LogP contribution in [0, 0.1) is 0 Å². The molecule has 2 rings (SSSR count). The summed E-state index contributed by atoms with van der Waals surface area (Å²) in [7, 11) is 0. The summed E-state index contributed by atoms with van der Waals surface area (Å²) in [4.78, 5) is 16.2. The van der Waals surface area contributed by atoms with Gasteiger partial charge in [-0.25, -0.2) is 4.98 Å². The largest absolute Gasteiger partial charge is 0.353 e. The number of amides is 1. The van der Waals surface area contributed by atoms with Crippen molar-refractivity contribution in [3.8, 4) is 0 Å². The Balaban J connectivity index is 1.91. The number of aromatic nitrogens is 1. The van der Waals surface area contributed by atoms with E-state index in [1.54, 1.807) is 0 Å². The van der Waals surface area contributed by atoms with E-state index in [9.17, 15) is 4.79 Å². The first-order chi connectivity index (χ1) is 9.67. The van der Waals surface area contributed by atoms with Crippen LogP contribution in [-0.2, 0) is 11.2 Å². The Morgan fingerprint density at radius 2 is 2.10 bits per heavy atom. The molecular weight excluding hydrogens is 270 g/mol. The van der Waals surface area contributed by atoms with Crippen molar-refractivity contribution in [3.63, 3.8) is 0 Å². The van der Waals surface area contributed by atoms with Crippen LogP contribution in [0.25, 0.3) is 0 Å². The number of nitrogens with zero attached hydrogens (tertiary/aromatic N) is 1. The molecule has 20 heavy (non-hydrogen) atoms. The maximum atomic E-state index is 11.8. The number of hydrogen-bond acceptors (Lipinski definition) is 4. The van der Waals surface area contributed by atoms with Crippen LogP contribution in [0.3, 0.4) is 0 Å². The van der Waals surface area contributed by atoms with Gasteiger partial charge in [-0.3, -0.25) is 4.79 Å². The van der Waals surface area contributed by atoms with Gasteiger partial charge in [0.25, 0.3) is 0 Å². The second-order valence-electron chi connectivity index (χ2n) is 4.69. The maximum Gasteiger partial charge on any atom is 0.226 e. The number of anilines is 2. The third-order valence-corrected chi connectivity index (χ3v) is 3.74. The van der Waals surface area contributed by atoms with Crippen LogP contribution in [0.2, 0.25) is 0 Å². The molecule has 5 heteroatoms. The van der Waals surface area contributed by atoms with Gasteiger partial charge in [0.15, 0.2) is 5.13 Å². The van der Waals surface area contributed by atoms with E-state index in [-0.39, 0.29) is 11.9 Å². The number of thiazole rings is 1. The second kappa shape index (κ2) is 7.05. The van der Waals surface area contributed by atoms with E-state index < -0.39 is 0 Å². The lowest BCUT2D eigenvalue weighted by Gasteiger charge is -2.10. The lowest BCUT2D eigenvalue weighted by atomic mass is 10.2. The molecule has 0 aliphatic carbocycles. The average molecular weight is 289 g/mol. The molecule has 2 N–H and O–H groups in total. The molecule has 0 fully saturated rings. The number of nitrogens with one attached hydrogen (secondary N) is 2. The summed E-state index contributed by atoms with van der Waals surface area (Å²) in [6.07, 6.45) is 1.26. The molecule has 0 saturated heterocycles. The van der Waals surface area contributed by atoms with E-state index in [4.69, 9.17) is 0 Å². The summed E-state index contributed by atoms with van der Waals surface area (Å²) >= 11 is 1.51. The minimum absolute atomic E-state index is 0.0240. The average Bonchev–Trinajstić information content (AvgIpc) is 2.86. The van der Waals surface area contributed by atoms with E-state index in [2.05, 4.69) is 22.5 Å². The van der Waals surface area contributed by atoms with Crippen molar-refractivity contribution in [2.75, 3.05) is 5.32 Å². The smallest absolute Gasteiger partial charge is 0.226 e. The highest BCUT2D eigenvalue weighted by molar-refractivity contribution is 7.13. The van der Waals surface area contributed by atoms with E-state index in [1.807, 2.05) is 42.6 Å². The quantitative estimate of drug-likeness (QED) is 0.857. The summed E-state index contributed by atoms with van der Waals surface area (Å²) in [6.45, 7) is 4.05. The summed E-state index contributed by atoms with van der Waals surface area (Å²) < 4.78 is 0. The fourth-order valence-corrected chi connectivity index (χ4v) is 2.41. The van der Waals surface area contributed by atoms with E-state index >= 15 is 0 Å². The lowest BCUT2D eigenvalue weighted by molar-refractivity contribution is -0.121. The fraction of sp³-hybridized carbons (Fsp3) is 0.333. The summed E-state index contributed by atoms with van der Waals surface area (Å²) in [5.74, 6) is 0.0240. The van der Waals surface area contributed by atoms with Crippen LogP contribution in [0.15, 0.2) is 35.7 Å². The molecule has 0 aliphatic rings. The maximum absolute atomic E-state index is 11.8. The van der Waals surface area contributed by atoms with Gasteiger partial charge in [-0.15, -0.1) is 11.3 Å². The first kappa shape index (κ1) is 14.5. The van der Waals surface area contributed by atoms with Crippen LogP contribution in [0.5, 0.6) is 0 Å². The van der Waals surface area contributed by atoms with Gasteiger partial charge in [-0.2, -0.15) is 0 Å². The minimum atomic E-state index is 0.0240. The van der Waals surface area contributed by atoms with Crippen LogP contribution < -0.4 is 10.6 Å². The number of carbonyl (C=O) groups excluding carboxylic acids is 1. The molecule has 106 valence electrons. The third kappa shape index (κ3) is 4.35. The Morgan fingerprint density at radius 1 is 1.35 bits per heavy atom. The minimum Gasteiger partial charge on any atom is -0.353 e. The molecule has 0 unspecified atom stereocenters. The molecule has 2 aromatic rings. The summed E-state index contributed by atoms with van der Waals surface area (Å²) in [6, 6.07) is 10.1. The predicted molar refractivity (Wildman–Crippen MR) is 83.4 cm³/mol. The molecule has 1 atom stereocenters. The van der Waals surface area contributed by atoms with E-state index in [0.717, 1.165) is 22.9 Å². The molecule has 0 bridgehead atoms.